The lowest BCUT2D eigenvalue weighted by molar-refractivity contribution is 0.755. The van der Waals surface area contributed by atoms with Crippen LogP contribution in [0.2, 0.25) is 0 Å². The van der Waals surface area contributed by atoms with Crippen molar-refractivity contribution in [1.82, 2.24) is 9.97 Å². The summed E-state index contributed by atoms with van der Waals surface area (Å²) < 4.78 is 0. The zero-order chi connectivity index (χ0) is 11.5. The van der Waals surface area contributed by atoms with Crippen LogP contribution in [-0.2, 0) is 0 Å². The van der Waals surface area contributed by atoms with E-state index in [1.54, 1.807) is 6.33 Å². The van der Waals surface area contributed by atoms with Crippen LogP contribution >= 0.6 is 0 Å². The third kappa shape index (κ3) is 2.50. The third-order valence-corrected chi connectivity index (χ3v) is 2.92. The van der Waals surface area contributed by atoms with Gasteiger partial charge < -0.3 is 10.6 Å². The largest absolute Gasteiger partial charge is 0.352 e. The Hall–Kier alpha value is -1.16. The van der Waals surface area contributed by atoms with Gasteiger partial charge in [0.15, 0.2) is 0 Å². The van der Waals surface area contributed by atoms with Crippen LogP contribution in [0.25, 0.3) is 0 Å². The molecular weight excluding hydrogens is 200 g/mol. The molecule has 0 aromatic carbocycles. The second kappa shape index (κ2) is 4.78. The summed E-state index contributed by atoms with van der Waals surface area (Å²) in [5, 5.41) is 0. The molecule has 2 N–H and O–H groups in total. The highest BCUT2D eigenvalue weighted by molar-refractivity contribution is 5.42. The fraction of sp³-hybridized carbons (Fsp3) is 0.667. The fourth-order valence-corrected chi connectivity index (χ4v) is 1.84. The highest BCUT2D eigenvalue weighted by atomic mass is 15.2. The number of nitrogens with zero attached hydrogens (tertiary/aromatic N) is 3. The molecule has 0 aliphatic heterocycles. The smallest absolute Gasteiger partial charge is 0.132 e. The molecule has 0 atom stereocenters. The monoisotopic (exact) mass is 220 g/mol. The summed E-state index contributed by atoms with van der Waals surface area (Å²) in [5.41, 5.74) is 6.75. The van der Waals surface area contributed by atoms with Gasteiger partial charge in [0.1, 0.15) is 12.1 Å². The van der Waals surface area contributed by atoms with Gasteiger partial charge in [0.25, 0.3) is 0 Å². The van der Waals surface area contributed by atoms with Gasteiger partial charge in [0.05, 0.1) is 0 Å². The second-order valence-corrected chi connectivity index (χ2v) is 4.67. The molecular formula is C12H20N4. The molecule has 1 heterocycles. The number of anilines is 1. The number of hydrogen-bond acceptors (Lipinski definition) is 4. The lowest BCUT2D eigenvalue weighted by Gasteiger charge is -2.23. The van der Waals surface area contributed by atoms with Crippen molar-refractivity contribution in [3.05, 3.63) is 18.1 Å². The van der Waals surface area contributed by atoms with Crippen LogP contribution in [0.1, 0.15) is 38.3 Å². The lowest BCUT2D eigenvalue weighted by Crippen LogP contribution is -2.32. The van der Waals surface area contributed by atoms with Crippen molar-refractivity contribution in [2.45, 2.75) is 38.6 Å². The zero-order valence-electron chi connectivity index (χ0n) is 10.1. The maximum atomic E-state index is 5.65. The molecule has 16 heavy (non-hydrogen) atoms. The van der Waals surface area contributed by atoms with E-state index in [2.05, 4.69) is 34.8 Å². The lowest BCUT2D eigenvalue weighted by atomic mass is 10.1. The van der Waals surface area contributed by atoms with Gasteiger partial charge in [0, 0.05) is 30.9 Å². The summed E-state index contributed by atoms with van der Waals surface area (Å²) in [5.74, 6) is 1.48. The van der Waals surface area contributed by atoms with Gasteiger partial charge in [-0.05, 0) is 18.8 Å². The predicted molar refractivity (Wildman–Crippen MR) is 65.5 cm³/mol. The van der Waals surface area contributed by atoms with Gasteiger partial charge in [0.2, 0.25) is 0 Å². The molecule has 0 unspecified atom stereocenters. The molecule has 1 aromatic rings. The third-order valence-electron chi connectivity index (χ3n) is 2.92. The van der Waals surface area contributed by atoms with Crippen LogP contribution < -0.4 is 10.6 Å². The molecule has 1 saturated carbocycles. The van der Waals surface area contributed by atoms with Crippen LogP contribution in [0.4, 0.5) is 5.82 Å². The quantitative estimate of drug-likeness (QED) is 0.817. The summed E-state index contributed by atoms with van der Waals surface area (Å²) in [6, 6.07) is 2.75. The minimum atomic E-state index is 0.445. The van der Waals surface area contributed by atoms with E-state index < -0.39 is 0 Å². The highest BCUT2D eigenvalue weighted by Gasteiger charge is 2.29. The molecule has 4 heteroatoms. The molecule has 88 valence electrons. The zero-order valence-corrected chi connectivity index (χ0v) is 10.1. The molecule has 1 fully saturated rings. The standard InChI is InChI=1S/C12H20N4/c1-9(2)11-7-12(15-8-14-11)16(6-5-13)10-3-4-10/h7-10H,3-6,13H2,1-2H3. The number of hydrogen-bond donors (Lipinski definition) is 1. The Bertz CT molecular complexity index is 347. The van der Waals surface area contributed by atoms with E-state index in [-0.39, 0.29) is 0 Å². The molecule has 0 radical (unpaired) electrons. The van der Waals surface area contributed by atoms with E-state index in [0.717, 1.165) is 18.1 Å². The number of aromatic nitrogens is 2. The molecule has 2 rings (SSSR count). The molecule has 0 bridgehead atoms. The van der Waals surface area contributed by atoms with Gasteiger partial charge >= 0.3 is 0 Å². The van der Waals surface area contributed by atoms with Crippen molar-refractivity contribution in [1.29, 1.82) is 0 Å². The van der Waals surface area contributed by atoms with Gasteiger partial charge in [-0.3, -0.25) is 0 Å². The van der Waals surface area contributed by atoms with Gasteiger partial charge in [-0.15, -0.1) is 0 Å². The average Bonchev–Trinajstić information content (AvgIpc) is 3.10. The molecule has 0 spiro atoms. The van der Waals surface area contributed by atoms with E-state index in [1.807, 2.05) is 0 Å². The topological polar surface area (TPSA) is 55.0 Å². The maximum absolute atomic E-state index is 5.65. The summed E-state index contributed by atoms with van der Waals surface area (Å²) >= 11 is 0. The van der Waals surface area contributed by atoms with Crippen LogP contribution in [0.15, 0.2) is 12.4 Å². The molecule has 1 aromatic heterocycles. The van der Waals surface area contributed by atoms with Crippen molar-refractivity contribution in [3.63, 3.8) is 0 Å². The van der Waals surface area contributed by atoms with E-state index in [1.165, 1.54) is 12.8 Å². The second-order valence-electron chi connectivity index (χ2n) is 4.67. The first-order valence-corrected chi connectivity index (χ1v) is 6.01. The SMILES string of the molecule is CC(C)c1cc(N(CCN)C2CC2)ncn1. The Morgan fingerprint density at radius 2 is 2.19 bits per heavy atom. The van der Waals surface area contributed by atoms with Crippen molar-refractivity contribution in [3.8, 4) is 0 Å². The predicted octanol–water partition coefficient (Wildman–Crippen LogP) is 1.53. The molecule has 4 nitrogen and oxygen atoms in total. The maximum Gasteiger partial charge on any atom is 0.132 e. The Kier molecular flexibility index (Phi) is 3.39. The number of nitrogens with two attached hydrogens (primary N) is 1. The van der Waals surface area contributed by atoms with E-state index in [0.29, 0.717) is 18.5 Å². The summed E-state index contributed by atoms with van der Waals surface area (Å²) in [7, 11) is 0. The summed E-state index contributed by atoms with van der Waals surface area (Å²) in [4.78, 5) is 11.0. The first-order valence-electron chi connectivity index (χ1n) is 6.01. The normalized spacial score (nSPS) is 15.5. The van der Waals surface area contributed by atoms with E-state index in [4.69, 9.17) is 5.73 Å². The Morgan fingerprint density at radius 1 is 1.44 bits per heavy atom. The average molecular weight is 220 g/mol. The van der Waals surface area contributed by atoms with Gasteiger partial charge in [-0.25, -0.2) is 9.97 Å². The van der Waals surface area contributed by atoms with E-state index in [9.17, 15) is 0 Å². The first-order chi connectivity index (χ1) is 7.72. The minimum absolute atomic E-state index is 0.445. The van der Waals surface area contributed by atoms with Crippen LogP contribution in [0.3, 0.4) is 0 Å². The Morgan fingerprint density at radius 3 is 2.75 bits per heavy atom. The summed E-state index contributed by atoms with van der Waals surface area (Å²) in [6.07, 6.45) is 4.19. The van der Waals surface area contributed by atoms with Gasteiger partial charge in [-0.1, -0.05) is 13.8 Å². The highest BCUT2D eigenvalue weighted by Crippen LogP contribution is 2.30. The molecule has 0 saturated heterocycles. The summed E-state index contributed by atoms with van der Waals surface area (Å²) in [6.45, 7) is 5.86. The van der Waals surface area contributed by atoms with Crippen LogP contribution in [0.5, 0.6) is 0 Å². The van der Waals surface area contributed by atoms with Crippen molar-refractivity contribution < 1.29 is 0 Å². The molecule has 1 aliphatic rings. The van der Waals surface area contributed by atoms with Gasteiger partial charge in [-0.2, -0.15) is 0 Å². The van der Waals surface area contributed by atoms with Crippen LogP contribution in [-0.4, -0.2) is 29.1 Å². The molecule has 0 amide bonds. The Labute approximate surface area is 96.9 Å². The van der Waals surface area contributed by atoms with Crippen molar-refractivity contribution >= 4 is 5.82 Å². The Balaban J connectivity index is 2.19. The van der Waals surface area contributed by atoms with Crippen molar-refractivity contribution in [2.24, 2.45) is 5.73 Å². The van der Waals surface area contributed by atoms with Crippen molar-refractivity contribution in [2.75, 3.05) is 18.0 Å². The number of rotatable bonds is 5. The molecule has 1 aliphatic carbocycles. The van der Waals surface area contributed by atoms with Crippen LogP contribution in [0, 0.1) is 0 Å². The van der Waals surface area contributed by atoms with E-state index >= 15 is 0 Å². The minimum Gasteiger partial charge on any atom is -0.352 e. The first kappa shape index (κ1) is 11.3. The fourth-order valence-electron chi connectivity index (χ4n) is 1.84.